The molecule has 0 radical (unpaired) electrons. The standard InChI is InChI=1S/C9H10F2N2O2.ClH/c10-4-3-9(12)7-5-6(13(14)15)1-2-8(7)11;/h1-2,5,9H,3-4,12H2;1H/t9-;/m0./s1. The zero-order chi connectivity index (χ0) is 11.4. The lowest BCUT2D eigenvalue weighted by molar-refractivity contribution is -0.385. The average Bonchev–Trinajstić information content (AvgIpc) is 2.18. The van der Waals surface area contributed by atoms with Gasteiger partial charge in [0.1, 0.15) is 5.82 Å². The molecule has 0 bridgehead atoms. The van der Waals surface area contributed by atoms with Gasteiger partial charge < -0.3 is 5.73 Å². The van der Waals surface area contributed by atoms with Crippen molar-refractivity contribution in [2.75, 3.05) is 6.67 Å². The van der Waals surface area contributed by atoms with E-state index >= 15 is 0 Å². The number of nitro benzene ring substituents is 1. The van der Waals surface area contributed by atoms with Gasteiger partial charge >= 0.3 is 0 Å². The molecule has 0 aromatic heterocycles. The quantitative estimate of drug-likeness (QED) is 0.661. The number of benzene rings is 1. The van der Waals surface area contributed by atoms with Crippen molar-refractivity contribution in [3.8, 4) is 0 Å². The van der Waals surface area contributed by atoms with Gasteiger partial charge in [0, 0.05) is 23.7 Å². The van der Waals surface area contributed by atoms with Crippen LogP contribution in [0.2, 0.25) is 0 Å². The Kier molecular flexibility index (Phi) is 5.84. The van der Waals surface area contributed by atoms with Crippen LogP contribution in [0.5, 0.6) is 0 Å². The van der Waals surface area contributed by atoms with Crippen LogP contribution < -0.4 is 5.73 Å². The summed E-state index contributed by atoms with van der Waals surface area (Å²) < 4.78 is 25.2. The van der Waals surface area contributed by atoms with E-state index in [1.165, 1.54) is 0 Å². The molecule has 0 unspecified atom stereocenters. The number of alkyl halides is 1. The first kappa shape index (κ1) is 14.7. The zero-order valence-electron chi connectivity index (χ0n) is 8.23. The minimum atomic E-state index is -0.852. The van der Waals surface area contributed by atoms with Gasteiger partial charge in [-0.25, -0.2) is 4.39 Å². The summed E-state index contributed by atoms with van der Waals surface area (Å²) in [6.07, 6.45) is -0.0575. The lowest BCUT2D eigenvalue weighted by Gasteiger charge is -2.10. The van der Waals surface area contributed by atoms with Gasteiger partial charge in [-0.15, -0.1) is 12.4 Å². The minimum Gasteiger partial charge on any atom is -0.324 e. The number of nitro groups is 1. The topological polar surface area (TPSA) is 69.2 Å². The lowest BCUT2D eigenvalue weighted by Crippen LogP contribution is -2.13. The van der Waals surface area contributed by atoms with Gasteiger partial charge in [0.05, 0.1) is 11.6 Å². The minimum absolute atomic E-state index is 0. The third-order valence-electron chi connectivity index (χ3n) is 2.01. The van der Waals surface area contributed by atoms with Gasteiger partial charge in [-0.1, -0.05) is 0 Å². The van der Waals surface area contributed by atoms with Crippen molar-refractivity contribution >= 4 is 18.1 Å². The third-order valence-corrected chi connectivity index (χ3v) is 2.01. The number of halogens is 3. The van der Waals surface area contributed by atoms with Gasteiger partial charge in [-0.2, -0.15) is 0 Å². The van der Waals surface area contributed by atoms with E-state index in [-0.39, 0.29) is 30.1 Å². The van der Waals surface area contributed by atoms with E-state index in [0.29, 0.717) is 0 Å². The molecule has 16 heavy (non-hydrogen) atoms. The summed E-state index contributed by atoms with van der Waals surface area (Å²) >= 11 is 0. The van der Waals surface area contributed by atoms with E-state index in [0.717, 1.165) is 18.2 Å². The normalized spacial score (nSPS) is 11.7. The Bertz CT molecular complexity index is 377. The number of nitrogens with two attached hydrogens (primary N) is 1. The predicted molar refractivity (Wildman–Crippen MR) is 57.8 cm³/mol. The van der Waals surface area contributed by atoms with Crippen molar-refractivity contribution in [2.45, 2.75) is 12.5 Å². The second-order valence-corrected chi connectivity index (χ2v) is 3.05. The molecule has 0 aliphatic rings. The summed E-state index contributed by atoms with van der Waals surface area (Å²) in [5.41, 5.74) is 5.20. The number of hydrogen-bond donors (Lipinski definition) is 1. The molecule has 4 nitrogen and oxygen atoms in total. The molecule has 1 atom stereocenters. The Labute approximate surface area is 97.0 Å². The number of nitrogens with zero attached hydrogens (tertiary/aromatic N) is 1. The highest BCUT2D eigenvalue weighted by Gasteiger charge is 2.15. The van der Waals surface area contributed by atoms with Crippen molar-refractivity contribution in [1.82, 2.24) is 0 Å². The number of rotatable bonds is 4. The Morgan fingerprint density at radius 2 is 2.12 bits per heavy atom. The fraction of sp³-hybridized carbons (Fsp3) is 0.333. The van der Waals surface area contributed by atoms with Crippen LogP contribution in [-0.2, 0) is 0 Å². The first-order chi connectivity index (χ1) is 7.06. The van der Waals surface area contributed by atoms with Crippen molar-refractivity contribution < 1.29 is 13.7 Å². The maximum absolute atomic E-state index is 13.2. The molecule has 1 aromatic carbocycles. The van der Waals surface area contributed by atoms with Gasteiger partial charge in [-0.3, -0.25) is 14.5 Å². The maximum atomic E-state index is 13.2. The number of hydrogen-bond acceptors (Lipinski definition) is 3. The van der Waals surface area contributed by atoms with E-state index in [2.05, 4.69) is 0 Å². The molecule has 0 aliphatic carbocycles. The third kappa shape index (κ3) is 3.39. The highest BCUT2D eigenvalue weighted by atomic mass is 35.5. The van der Waals surface area contributed by atoms with Crippen LogP contribution in [0.15, 0.2) is 18.2 Å². The summed E-state index contributed by atoms with van der Waals surface area (Å²) in [6.45, 7) is -0.691. The van der Waals surface area contributed by atoms with Gasteiger partial charge in [0.15, 0.2) is 0 Å². The van der Waals surface area contributed by atoms with E-state index in [9.17, 15) is 18.9 Å². The molecule has 1 rings (SSSR count). The zero-order valence-corrected chi connectivity index (χ0v) is 9.05. The van der Waals surface area contributed by atoms with Crippen molar-refractivity contribution in [2.24, 2.45) is 5.73 Å². The first-order valence-electron chi connectivity index (χ1n) is 4.31. The van der Waals surface area contributed by atoms with Crippen molar-refractivity contribution in [3.05, 3.63) is 39.7 Å². The molecular formula is C9H11ClF2N2O2. The second-order valence-electron chi connectivity index (χ2n) is 3.05. The lowest BCUT2D eigenvalue weighted by atomic mass is 10.0. The molecule has 0 saturated heterocycles. The number of non-ortho nitro benzene ring substituents is 1. The second kappa shape index (κ2) is 6.34. The molecule has 0 aliphatic heterocycles. The van der Waals surface area contributed by atoms with Gasteiger partial charge in [0.25, 0.3) is 5.69 Å². The summed E-state index contributed by atoms with van der Waals surface area (Å²) in [6, 6.07) is 2.19. The first-order valence-corrected chi connectivity index (χ1v) is 4.31. The summed E-state index contributed by atoms with van der Waals surface area (Å²) in [5, 5.41) is 10.4. The molecular weight excluding hydrogens is 242 g/mol. The molecule has 90 valence electrons. The summed E-state index contributed by atoms with van der Waals surface area (Å²) in [5.74, 6) is -0.651. The molecule has 1 aromatic rings. The summed E-state index contributed by atoms with van der Waals surface area (Å²) in [7, 11) is 0. The summed E-state index contributed by atoms with van der Waals surface area (Å²) in [4.78, 5) is 9.77. The van der Waals surface area contributed by atoms with Crippen LogP contribution in [0.4, 0.5) is 14.5 Å². The maximum Gasteiger partial charge on any atom is 0.269 e. The van der Waals surface area contributed by atoms with Crippen LogP contribution in [0.1, 0.15) is 18.0 Å². The fourth-order valence-electron chi connectivity index (χ4n) is 1.20. The van der Waals surface area contributed by atoms with Crippen molar-refractivity contribution in [1.29, 1.82) is 0 Å². The monoisotopic (exact) mass is 252 g/mol. The van der Waals surface area contributed by atoms with E-state index in [4.69, 9.17) is 5.73 Å². The van der Waals surface area contributed by atoms with Crippen LogP contribution in [0, 0.1) is 15.9 Å². The molecule has 7 heteroatoms. The Morgan fingerprint density at radius 3 is 2.62 bits per heavy atom. The van der Waals surface area contributed by atoms with E-state index in [1.54, 1.807) is 0 Å². The molecule has 0 amide bonds. The smallest absolute Gasteiger partial charge is 0.269 e. The van der Waals surface area contributed by atoms with Crippen LogP contribution >= 0.6 is 12.4 Å². The van der Waals surface area contributed by atoms with Crippen LogP contribution in [-0.4, -0.2) is 11.6 Å². The molecule has 0 heterocycles. The highest BCUT2D eigenvalue weighted by Crippen LogP contribution is 2.23. The SMILES string of the molecule is Cl.N[C@@H](CCF)c1cc([N+](=O)[O-])ccc1F. The van der Waals surface area contributed by atoms with E-state index < -0.39 is 23.5 Å². The fourth-order valence-corrected chi connectivity index (χ4v) is 1.20. The predicted octanol–water partition coefficient (Wildman–Crippen LogP) is 2.52. The largest absolute Gasteiger partial charge is 0.324 e. The average molecular weight is 253 g/mol. The van der Waals surface area contributed by atoms with Crippen LogP contribution in [0.25, 0.3) is 0 Å². The van der Waals surface area contributed by atoms with Crippen molar-refractivity contribution in [3.63, 3.8) is 0 Å². The molecule has 0 spiro atoms. The molecule has 0 saturated carbocycles. The van der Waals surface area contributed by atoms with Gasteiger partial charge in [-0.05, 0) is 12.5 Å². The van der Waals surface area contributed by atoms with Crippen LogP contribution in [0.3, 0.4) is 0 Å². The Hall–Kier alpha value is -1.27. The molecule has 0 fully saturated rings. The Balaban J connectivity index is 0.00000225. The highest BCUT2D eigenvalue weighted by molar-refractivity contribution is 5.85. The Morgan fingerprint density at radius 1 is 1.50 bits per heavy atom. The van der Waals surface area contributed by atoms with Gasteiger partial charge in [0.2, 0.25) is 0 Å². The van der Waals surface area contributed by atoms with E-state index in [1.807, 2.05) is 0 Å². The molecule has 2 N–H and O–H groups in total.